The van der Waals surface area contributed by atoms with Crippen LogP contribution in [0.2, 0.25) is 0 Å². The SMILES string of the molecule is CCCC[C@@H](C(=O)NC1CCCC1)N(C(=O)c1snc(C(N)=O)c1N)c1ccccc1OCC. The van der Waals surface area contributed by atoms with Crippen molar-refractivity contribution in [3.8, 4) is 5.75 Å². The third-order valence-electron chi connectivity index (χ3n) is 5.95. The Kier molecular flexibility index (Phi) is 8.86. The van der Waals surface area contributed by atoms with E-state index in [2.05, 4.69) is 9.69 Å². The van der Waals surface area contributed by atoms with Gasteiger partial charge in [0, 0.05) is 6.04 Å². The number of amides is 3. The fraction of sp³-hybridized carbons (Fsp3) is 0.500. The summed E-state index contributed by atoms with van der Waals surface area (Å²) >= 11 is 0.801. The van der Waals surface area contributed by atoms with Gasteiger partial charge in [0.15, 0.2) is 5.69 Å². The normalized spacial score (nSPS) is 14.5. The number of hydrogen-bond donors (Lipinski definition) is 3. The van der Waals surface area contributed by atoms with Crippen molar-refractivity contribution in [3.63, 3.8) is 0 Å². The van der Waals surface area contributed by atoms with E-state index in [1.54, 1.807) is 18.2 Å². The Morgan fingerprint density at radius 1 is 1.24 bits per heavy atom. The van der Waals surface area contributed by atoms with Crippen molar-refractivity contribution in [1.82, 2.24) is 9.69 Å². The van der Waals surface area contributed by atoms with Gasteiger partial charge in [0.1, 0.15) is 16.7 Å². The van der Waals surface area contributed by atoms with Crippen LogP contribution >= 0.6 is 11.5 Å². The van der Waals surface area contributed by atoms with E-state index in [-0.39, 0.29) is 28.2 Å². The number of carbonyl (C=O) groups excluding carboxylic acids is 3. The van der Waals surface area contributed by atoms with Gasteiger partial charge in [0.2, 0.25) is 5.91 Å². The lowest BCUT2D eigenvalue weighted by Crippen LogP contribution is -2.52. The molecule has 34 heavy (non-hydrogen) atoms. The number of nitrogen functional groups attached to an aromatic ring is 1. The van der Waals surface area contributed by atoms with Crippen LogP contribution in [0.1, 0.15) is 79.0 Å². The molecule has 0 unspecified atom stereocenters. The van der Waals surface area contributed by atoms with Gasteiger partial charge in [-0.05, 0) is 49.9 Å². The van der Waals surface area contributed by atoms with Crippen molar-refractivity contribution in [2.24, 2.45) is 5.73 Å². The van der Waals surface area contributed by atoms with Crippen molar-refractivity contribution in [1.29, 1.82) is 0 Å². The van der Waals surface area contributed by atoms with E-state index >= 15 is 0 Å². The topological polar surface area (TPSA) is 141 Å². The summed E-state index contributed by atoms with van der Waals surface area (Å²) in [5.41, 5.74) is 11.7. The highest BCUT2D eigenvalue weighted by Crippen LogP contribution is 2.35. The summed E-state index contributed by atoms with van der Waals surface area (Å²) in [5, 5.41) is 3.14. The van der Waals surface area contributed by atoms with Crippen LogP contribution in [-0.2, 0) is 4.79 Å². The number of nitrogens with two attached hydrogens (primary N) is 2. The number of unbranched alkanes of at least 4 members (excludes halogenated alkanes) is 1. The quantitative estimate of drug-likeness (QED) is 0.443. The monoisotopic (exact) mass is 487 g/mol. The number of aromatic nitrogens is 1. The van der Waals surface area contributed by atoms with E-state index in [0.717, 1.165) is 50.1 Å². The summed E-state index contributed by atoms with van der Waals surface area (Å²) in [6, 6.07) is 6.42. The summed E-state index contributed by atoms with van der Waals surface area (Å²) in [5.74, 6) is -1.06. The number of carbonyl (C=O) groups is 3. The van der Waals surface area contributed by atoms with E-state index in [1.165, 1.54) is 4.90 Å². The first-order chi connectivity index (χ1) is 16.4. The average Bonchev–Trinajstić information content (AvgIpc) is 3.46. The second-order valence-corrected chi connectivity index (χ2v) is 9.14. The molecule has 1 aromatic carbocycles. The summed E-state index contributed by atoms with van der Waals surface area (Å²) in [4.78, 5) is 40.7. The second kappa shape index (κ2) is 11.8. The van der Waals surface area contributed by atoms with E-state index in [1.807, 2.05) is 19.9 Å². The molecule has 1 heterocycles. The molecule has 1 saturated carbocycles. The Hall–Kier alpha value is -3.14. The molecular formula is C24H33N5O4S. The molecule has 0 aliphatic heterocycles. The molecule has 5 N–H and O–H groups in total. The number of hydrogen-bond acceptors (Lipinski definition) is 7. The van der Waals surface area contributed by atoms with Crippen molar-refractivity contribution in [2.75, 3.05) is 17.2 Å². The standard InChI is InChI=1S/C24H33N5O4S/c1-3-5-12-17(23(31)27-15-10-6-7-11-15)29(16-13-8-9-14-18(16)33-4-2)24(32)21-19(25)20(22(26)30)28-34-21/h8-9,13-15,17H,3-7,10-12,25H2,1-2H3,(H2,26,30)(H,27,31)/t17-/m0/s1. The first-order valence-electron chi connectivity index (χ1n) is 11.8. The maximum Gasteiger partial charge on any atom is 0.272 e. The van der Waals surface area contributed by atoms with Crippen molar-refractivity contribution in [3.05, 3.63) is 34.8 Å². The number of anilines is 2. The van der Waals surface area contributed by atoms with Gasteiger partial charge in [-0.2, -0.15) is 4.37 Å². The van der Waals surface area contributed by atoms with Crippen LogP contribution in [0.4, 0.5) is 11.4 Å². The van der Waals surface area contributed by atoms with Gasteiger partial charge in [-0.1, -0.05) is 44.7 Å². The van der Waals surface area contributed by atoms with Crippen molar-refractivity contribution < 1.29 is 19.1 Å². The Balaban J connectivity index is 2.09. The number of primary amides is 1. The lowest BCUT2D eigenvalue weighted by atomic mass is 10.0. The van der Waals surface area contributed by atoms with Crippen molar-refractivity contribution >= 4 is 40.6 Å². The second-order valence-electron chi connectivity index (χ2n) is 8.36. The van der Waals surface area contributed by atoms with Gasteiger partial charge >= 0.3 is 0 Å². The molecule has 1 atom stereocenters. The Bertz CT molecular complexity index is 1020. The number of para-hydroxylation sites is 2. The largest absolute Gasteiger partial charge is 0.492 e. The van der Waals surface area contributed by atoms with Crippen LogP contribution < -0.4 is 26.4 Å². The van der Waals surface area contributed by atoms with Crippen LogP contribution in [0.25, 0.3) is 0 Å². The van der Waals surface area contributed by atoms with Crippen LogP contribution in [-0.4, -0.2) is 40.8 Å². The minimum absolute atomic E-state index is 0.0651. The smallest absolute Gasteiger partial charge is 0.272 e. The predicted molar refractivity (Wildman–Crippen MR) is 133 cm³/mol. The highest BCUT2D eigenvalue weighted by atomic mass is 32.1. The van der Waals surface area contributed by atoms with Gasteiger partial charge in [-0.3, -0.25) is 19.3 Å². The lowest BCUT2D eigenvalue weighted by molar-refractivity contribution is -0.123. The molecule has 10 heteroatoms. The maximum absolute atomic E-state index is 13.9. The van der Waals surface area contributed by atoms with Crippen LogP contribution in [0.5, 0.6) is 5.75 Å². The Labute approximate surface area is 204 Å². The molecule has 3 rings (SSSR count). The fourth-order valence-electron chi connectivity index (χ4n) is 4.23. The molecule has 9 nitrogen and oxygen atoms in total. The van der Waals surface area contributed by atoms with E-state index in [9.17, 15) is 14.4 Å². The summed E-state index contributed by atoms with van der Waals surface area (Å²) in [6.45, 7) is 4.28. The summed E-state index contributed by atoms with van der Waals surface area (Å²) < 4.78 is 9.79. The van der Waals surface area contributed by atoms with E-state index in [0.29, 0.717) is 24.5 Å². The molecule has 0 bridgehead atoms. The zero-order chi connectivity index (χ0) is 24.7. The van der Waals surface area contributed by atoms with Crippen LogP contribution in [0.15, 0.2) is 24.3 Å². The fourth-order valence-corrected chi connectivity index (χ4v) is 4.98. The number of nitrogens with one attached hydrogen (secondary N) is 1. The van der Waals surface area contributed by atoms with Gasteiger partial charge in [0.25, 0.3) is 11.8 Å². The number of ether oxygens (including phenoxy) is 1. The van der Waals surface area contributed by atoms with E-state index in [4.69, 9.17) is 16.2 Å². The zero-order valence-electron chi connectivity index (χ0n) is 19.7. The molecule has 1 aliphatic carbocycles. The average molecular weight is 488 g/mol. The minimum Gasteiger partial charge on any atom is -0.492 e. The summed E-state index contributed by atoms with van der Waals surface area (Å²) in [6.07, 6.45) is 6.08. The predicted octanol–water partition coefficient (Wildman–Crippen LogP) is 3.49. The first-order valence-corrected chi connectivity index (χ1v) is 12.6. The minimum atomic E-state index is -0.810. The molecule has 1 aromatic heterocycles. The van der Waals surface area contributed by atoms with Crippen molar-refractivity contribution in [2.45, 2.75) is 70.9 Å². The number of rotatable bonds is 11. The molecule has 1 fully saturated rings. The van der Waals surface area contributed by atoms with E-state index < -0.39 is 17.9 Å². The van der Waals surface area contributed by atoms with Crippen LogP contribution in [0.3, 0.4) is 0 Å². The molecule has 3 amide bonds. The first kappa shape index (κ1) is 25.5. The number of nitrogens with zero attached hydrogens (tertiary/aromatic N) is 2. The molecule has 184 valence electrons. The van der Waals surface area contributed by atoms with Crippen LogP contribution in [0, 0.1) is 0 Å². The Morgan fingerprint density at radius 2 is 1.94 bits per heavy atom. The van der Waals surface area contributed by atoms with Gasteiger partial charge < -0.3 is 21.5 Å². The molecule has 1 aliphatic rings. The third-order valence-corrected chi connectivity index (χ3v) is 6.80. The van der Waals surface area contributed by atoms with Gasteiger partial charge in [0.05, 0.1) is 18.0 Å². The molecule has 0 radical (unpaired) electrons. The molecule has 0 saturated heterocycles. The zero-order valence-corrected chi connectivity index (χ0v) is 20.5. The highest BCUT2D eigenvalue weighted by Gasteiger charge is 2.36. The molecule has 0 spiro atoms. The Morgan fingerprint density at radius 3 is 2.56 bits per heavy atom. The molecule has 2 aromatic rings. The van der Waals surface area contributed by atoms with Gasteiger partial charge in [-0.25, -0.2) is 0 Å². The maximum atomic E-state index is 13.9. The number of benzene rings is 1. The summed E-state index contributed by atoms with van der Waals surface area (Å²) in [7, 11) is 0. The molecular weight excluding hydrogens is 454 g/mol. The lowest BCUT2D eigenvalue weighted by Gasteiger charge is -2.32. The highest BCUT2D eigenvalue weighted by molar-refractivity contribution is 7.09. The van der Waals surface area contributed by atoms with Gasteiger partial charge in [-0.15, -0.1) is 0 Å². The third kappa shape index (κ3) is 5.67.